The molecule has 1 aromatic carbocycles. The molecule has 50 heavy (non-hydrogen) atoms. The third kappa shape index (κ3) is 12.0. The fourth-order valence-electron chi connectivity index (χ4n) is 4.91. The van der Waals surface area contributed by atoms with Gasteiger partial charge in [0.25, 0.3) is 0 Å². The SMILES string of the molecule is C[C@H](NC(=O)C(C)(C)NC(=O)[C@@H]1CCCN1C(=O)C(C)(C)NC(=O)OC(C)(C)C)C(=O)NC(C)(C)C(=O)N[C@@H](C)C(=O)OCc1ccccc1. The average molecular weight is 703 g/mol. The Balaban J connectivity index is 1.94. The molecule has 1 heterocycles. The van der Waals surface area contributed by atoms with E-state index in [0.29, 0.717) is 12.8 Å². The van der Waals surface area contributed by atoms with Crippen molar-refractivity contribution in [3.05, 3.63) is 35.9 Å². The molecule has 15 nitrogen and oxygen atoms in total. The molecule has 0 spiro atoms. The van der Waals surface area contributed by atoms with Crippen LogP contribution in [-0.4, -0.2) is 93.4 Å². The van der Waals surface area contributed by atoms with Crippen LogP contribution in [0.2, 0.25) is 0 Å². The van der Waals surface area contributed by atoms with Crippen LogP contribution in [0.5, 0.6) is 0 Å². The molecular weight excluding hydrogens is 648 g/mol. The molecule has 0 radical (unpaired) electrons. The first-order valence-electron chi connectivity index (χ1n) is 16.6. The zero-order valence-corrected chi connectivity index (χ0v) is 31.1. The molecule has 2 rings (SSSR count). The number of carbonyl (C=O) groups excluding carboxylic acids is 7. The van der Waals surface area contributed by atoms with E-state index >= 15 is 0 Å². The number of nitrogens with zero attached hydrogens (tertiary/aromatic N) is 1. The van der Waals surface area contributed by atoms with E-state index in [1.807, 2.05) is 18.2 Å². The summed E-state index contributed by atoms with van der Waals surface area (Å²) < 4.78 is 10.5. The van der Waals surface area contributed by atoms with Crippen molar-refractivity contribution in [2.24, 2.45) is 0 Å². The maximum Gasteiger partial charge on any atom is 0.408 e. The number of amides is 6. The summed E-state index contributed by atoms with van der Waals surface area (Å²) >= 11 is 0. The van der Waals surface area contributed by atoms with Gasteiger partial charge in [-0.1, -0.05) is 30.3 Å². The van der Waals surface area contributed by atoms with Crippen LogP contribution in [0.4, 0.5) is 4.79 Å². The fourth-order valence-corrected chi connectivity index (χ4v) is 4.91. The fraction of sp³-hybridized carbons (Fsp3) is 0.629. The normalized spacial score (nSPS) is 16.3. The average Bonchev–Trinajstić information content (AvgIpc) is 3.48. The van der Waals surface area contributed by atoms with Crippen molar-refractivity contribution in [1.82, 2.24) is 31.5 Å². The molecule has 3 atom stereocenters. The van der Waals surface area contributed by atoms with Crippen LogP contribution in [0.25, 0.3) is 0 Å². The molecule has 0 unspecified atom stereocenters. The highest BCUT2D eigenvalue weighted by Gasteiger charge is 2.44. The topological polar surface area (TPSA) is 201 Å². The quantitative estimate of drug-likeness (QED) is 0.190. The Bertz CT molecular complexity index is 1440. The third-order valence-electron chi connectivity index (χ3n) is 7.84. The van der Waals surface area contributed by atoms with E-state index in [-0.39, 0.29) is 13.2 Å². The number of hydrogen-bond donors (Lipinski definition) is 5. The molecule has 0 aliphatic carbocycles. The lowest BCUT2D eigenvalue weighted by atomic mass is 10.0. The zero-order chi connectivity index (χ0) is 38.2. The minimum Gasteiger partial charge on any atom is -0.459 e. The van der Waals surface area contributed by atoms with Crippen LogP contribution in [0, 0.1) is 0 Å². The van der Waals surface area contributed by atoms with Crippen molar-refractivity contribution < 1.29 is 43.0 Å². The van der Waals surface area contributed by atoms with Crippen molar-refractivity contribution in [2.45, 2.75) is 136 Å². The standard InChI is InChI=1S/C35H54N6O9/c1-21(25(42)38-33(6,7)29(46)37-22(2)27(44)49-20-23-16-13-12-14-17-23)36-28(45)34(8,9)39-26(43)24-18-15-19-41(24)30(47)35(10,11)40-31(48)50-32(3,4)5/h12-14,16-17,21-22,24H,15,18-20H2,1-11H3,(H,36,45)(H,37,46)(H,38,42)(H,39,43)(H,40,48)/t21-,22-,24-/m0/s1. The molecule has 5 N–H and O–H groups in total. The first kappa shape index (κ1) is 41.5. The van der Waals surface area contributed by atoms with Gasteiger partial charge >= 0.3 is 12.1 Å². The molecule has 15 heteroatoms. The highest BCUT2D eigenvalue weighted by molar-refractivity contribution is 5.99. The lowest BCUT2D eigenvalue weighted by molar-refractivity contribution is -0.149. The van der Waals surface area contributed by atoms with E-state index < -0.39 is 81.9 Å². The smallest absolute Gasteiger partial charge is 0.408 e. The van der Waals surface area contributed by atoms with Gasteiger partial charge in [0.15, 0.2) is 0 Å². The van der Waals surface area contributed by atoms with Crippen LogP contribution in [0.3, 0.4) is 0 Å². The summed E-state index contributed by atoms with van der Waals surface area (Å²) in [5.41, 5.74) is -4.34. The summed E-state index contributed by atoms with van der Waals surface area (Å²) in [5, 5.41) is 12.9. The number of nitrogens with one attached hydrogen (secondary N) is 5. The Kier molecular flexibility index (Phi) is 13.6. The second kappa shape index (κ2) is 16.3. The number of rotatable bonds is 13. The maximum absolute atomic E-state index is 13.4. The first-order chi connectivity index (χ1) is 22.9. The highest BCUT2D eigenvalue weighted by atomic mass is 16.6. The highest BCUT2D eigenvalue weighted by Crippen LogP contribution is 2.23. The first-order valence-corrected chi connectivity index (χ1v) is 16.6. The van der Waals surface area contributed by atoms with Crippen molar-refractivity contribution in [3.8, 4) is 0 Å². The van der Waals surface area contributed by atoms with Gasteiger partial charge in [0.2, 0.25) is 29.5 Å². The Hall–Kier alpha value is -4.69. The lowest BCUT2D eigenvalue weighted by Gasteiger charge is -2.35. The van der Waals surface area contributed by atoms with Crippen molar-refractivity contribution in [1.29, 1.82) is 0 Å². The van der Waals surface area contributed by atoms with Crippen molar-refractivity contribution in [3.63, 3.8) is 0 Å². The van der Waals surface area contributed by atoms with Crippen molar-refractivity contribution in [2.75, 3.05) is 6.54 Å². The largest absolute Gasteiger partial charge is 0.459 e. The predicted molar refractivity (Wildman–Crippen MR) is 184 cm³/mol. The summed E-state index contributed by atoms with van der Waals surface area (Å²) in [6.07, 6.45) is 0.106. The van der Waals surface area contributed by atoms with E-state index in [4.69, 9.17) is 9.47 Å². The molecule has 1 fully saturated rings. The molecule has 6 amide bonds. The van der Waals surface area contributed by atoms with Gasteiger partial charge < -0.3 is 41.0 Å². The zero-order valence-electron chi connectivity index (χ0n) is 31.1. The van der Waals surface area contributed by atoms with E-state index in [1.165, 1.54) is 60.3 Å². The van der Waals surface area contributed by atoms with Gasteiger partial charge in [0, 0.05) is 6.54 Å². The molecular formula is C35H54N6O9. The lowest BCUT2D eigenvalue weighted by Crippen LogP contribution is -2.64. The molecule has 1 saturated heterocycles. The number of benzene rings is 1. The van der Waals surface area contributed by atoms with Crippen LogP contribution in [0.15, 0.2) is 30.3 Å². The molecule has 1 aliphatic heterocycles. The molecule has 0 bridgehead atoms. The Labute approximate surface area is 294 Å². The van der Waals surface area contributed by atoms with E-state index in [9.17, 15) is 33.6 Å². The molecule has 278 valence electrons. The molecule has 1 aliphatic rings. The number of alkyl carbamates (subject to hydrolysis) is 1. The van der Waals surface area contributed by atoms with Crippen LogP contribution >= 0.6 is 0 Å². The van der Waals surface area contributed by atoms with Gasteiger partial charge in [0.05, 0.1) is 0 Å². The number of esters is 1. The van der Waals surface area contributed by atoms with Gasteiger partial charge in [-0.3, -0.25) is 24.0 Å². The van der Waals surface area contributed by atoms with Gasteiger partial charge in [-0.25, -0.2) is 9.59 Å². The van der Waals surface area contributed by atoms with Crippen LogP contribution in [-0.2, 0) is 44.8 Å². The van der Waals surface area contributed by atoms with Gasteiger partial charge in [-0.2, -0.15) is 0 Å². The van der Waals surface area contributed by atoms with E-state index in [0.717, 1.165) is 5.56 Å². The molecule has 0 saturated carbocycles. The molecule has 0 aromatic heterocycles. The van der Waals surface area contributed by atoms with Crippen LogP contribution in [0.1, 0.15) is 94.6 Å². The minimum absolute atomic E-state index is 0.0383. The Morgan fingerprint density at radius 1 is 0.760 bits per heavy atom. The number of hydrogen-bond acceptors (Lipinski definition) is 9. The van der Waals surface area contributed by atoms with E-state index in [1.54, 1.807) is 32.9 Å². The summed E-state index contributed by atoms with van der Waals surface area (Å²) in [4.78, 5) is 92.2. The maximum atomic E-state index is 13.4. The second-order valence-corrected chi connectivity index (χ2v) is 15.1. The van der Waals surface area contributed by atoms with E-state index in [2.05, 4.69) is 26.6 Å². The predicted octanol–water partition coefficient (Wildman–Crippen LogP) is 1.82. The van der Waals surface area contributed by atoms with Gasteiger partial charge in [-0.15, -0.1) is 0 Å². The number of likely N-dealkylation sites (tertiary alicyclic amines) is 1. The third-order valence-corrected chi connectivity index (χ3v) is 7.84. The van der Waals surface area contributed by atoms with Gasteiger partial charge in [0.1, 0.15) is 47.0 Å². The van der Waals surface area contributed by atoms with Crippen molar-refractivity contribution >= 4 is 41.6 Å². The summed E-state index contributed by atoms with van der Waals surface area (Å²) in [5.74, 6) is -3.74. The number of ether oxygens (including phenoxy) is 2. The van der Waals surface area contributed by atoms with Crippen LogP contribution < -0.4 is 26.6 Å². The minimum atomic E-state index is -1.50. The summed E-state index contributed by atoms with van der Waals surface area (Å²) in [6.45, 7) is 17.1. The summed E-state index contributed by atoms with van der Waals surface area (Å²) in [6, 6.07) is 6.04. The molecule has 1 aromatic rings. The monoisotopic (exact) mass is 702 g/mol. The number of carbonyl (C=O) groups is 7. The Morgan fingerprint density at radius 2 is 1.30 bits per heavy atom. The van der Waals surface area contributed by atoms with Gasteiger partial charge in [-0.05, 0) is 94.6 Å². The second-order valence-electron chi connectivity index (χ2n) is 15.1. The Morgan fingerprint density at radius 3 is 1.86 bits per heavy atom. The summed E-state index contributed by atoms with van der Waals surface area (Å²) in [7, 11) is 0.